The van der Waals surface area contributed by atoms with E-state index in [1.807, 2.05) is 13.8 Å². The molecule has 0 aromatic heterocycles. The molecule has 7 heteroatoms. The van der Waals surface area contributed by atoms with Gasteiger partial charge in [0, 0.05) is 12.6 Å². The first-order chi connectivity index (χ1) is 10.6. The van der Waals surface area contributed by atoms with Crippen molar-refractivity contribution in [3.8, 4) is 5.75 Å². The van der Waals surface area contributed by atoms with Crippen LogP contribution in [-0.4, -0.2) is 34.7 Å². The maximum Gasteiger partial charge on any atom is 0.471 e. The zero-order valence-corrected chi connectivity index (χ0v) is 14.3. The number of phenols is 1. The number of benzene rings is 1. The summed E-state index contributed by atoms with van der Waals surface area (Å²) in [6.45, 7) is 3.98. The SMILES string of the molecule is C[C@H]1[C@H]2Cc3cc(Br)c(O)cc3C1(C)CCN2C(=O)C(F)(F)F. The highest BCUT2D eigenvalue weighted by molar-refractivity contribution is 9.10. The first-order valence-electron chi connectivity index (χ1n) is 7.45. The number of phenolic OH excluding ortho intramolecular Hbond substituents is 1. The summed E-state index contributed by atoms with van der Waals surface area (Å²) < 4.78 is 39.1. The van der Waals surface area contributed by atoms with E-state index in [1.54, 1.807) is 12.1 Å². The molecule has 23 heavy (non-hydrogen) atoms. The summed E-state index contributed by atoms with van der Waals surface area (Å²) in [6, 6.07) is 2.98. The fourth-order valence-electron chi connectivity index (χ4n) is 4.05. The highest BCUT2D eigenvalue weighted by Crippen LogP contribution is 2.50. The van der Waals surface area contributed by atoms with Crippen molar-refractivity contribution in [2.24, 2.45) is 5.92 Å². The van der Waals surface area contributed by atoms with E-state index in [0.717, 1.165) is 16.0 Å². The molecular weight excluding hydrogens is 375 g/mol. The number of likely N-dealkylation sites (tertiary alicyclic amines) is 1. The Kier molecular flexibility index (Phi) is 3.70. The number of amides is 1. The predicted molar refractivity (Wildman–Crippen MR) is 82.2 cm³/mol. The lowest BCUT2D eigenvalue weighted by molar-refractivity contribution is -0.192. The van der Waals surface area contributed by atoms with Crippen LogP contribution in [0.4, 0.5) is 13.2 Å². The molecule has 1 fully saturated rings. The predicted octanol–water partition coefficient (Wildman–Crippen LogP) is 3.77. The Hall–Kier alpha value is -1.24. The number of fused-ring (bicyclic) bond motifs is 4. The van der Waals surface area contributed by atoms with Crippen LogP contribution in [0, 0.1) is 5.92 Å². The van der Waals surface area contributed by atoms with E-state index < -0.39 is 18.1 Å². The Bertz CT molecular complexity index is 676. The highest BCUT2D eigenvalue weighted by atomic mass is 79.9. The van der Waals surface area contributed by atoms with E-state index in [0.29, 0.717) is 17.3 Å². The first kappa shape index (κ1) is 16.6. The Morgan fingerprint density at radius 3 is 2.70 bits per heavy atom. The smallest absolute Gasteiger partial charge is 0.471 e. The second kappa shape index (κ2) is 5.13. The van der Waals surface area contributed by atoms with Crippen molar-refractivity contribution in [2.45, 2.75) is 44.3 Å². The van der Waals surface area contributed by atoms with Gasteiger partial charge in [-0.15, -0.1) is 0 Å². The third-order valence-corrected chi connectivity index (χ3v) is 6.21. The summed E-state index contributed by atoms with van der Waals surface area (Å²) in [7, 11) is 0. The summed E-state index contributed by atoms with van der Waals surface area (Å²) in [5, 5.41) is 9.96. The third-order valence-electron chi connectivity index (χ3n) is 5.57. The Morgan fingerprint density at radius 2 is 2.09 bits per heavy atom. The molecule has 1 aromatic rings. The molecule has 1 aliphatic carbocycles. The van der Waals surface area contributed by atoms with Gasteiger partial charge in [-0.2, -0.15) is 13.2 Å². The maximum absolute atomic E-state index is 12.9. The van der Waals surface area contributed by atoms with Crippen LogP contribution in [0.15, 0.2) is 16.6 Å². The van der Waals surface area contributed by atoms with E-state index in [2.05, 4.69) is 15.9 Å². The molecule has 2 bridgehead atoms. The second-order valence-corrected chi connectivity index (χ2v) is 7.54. The summed E-state index contributed by atoms with van der Waals surface area (Å²) in [5.41, 5.74) is 1.51. The van der Waals surface area contributed by atoms with E-state index in [9.17, 15) is 23.1 Å². The van der Waals surface area contributed by atoms with Crippen LogP contribution in [0.25, 0.3) is 0 Å². The lowest BCUT2D eigenvalue weighted by Gasteiger charge is -2.54. The first-order valence-corrected chi connectivity index (χ1v) is 8.24. The molecule has 126 valence electrons. The van der Waals surface area contributed by atoms with Gasteiger partial charge in [-0.05, 0) is 63.4 Å². The molecule has 0 spiro atoms. The number of rotatable bonds is 0. The van der Waals surface area contributed by atoms with Gasteiger partial charge in [-0.25, -0.2) is 0 Å². The molecule has 1 N–H and O–H groups in total. The fraction of sp³-hybridized carbons (Fsp3) is 0.562. The van der Waals surface area contributed by atoms with Crippen LogP contribution >= 0.6 is 15.9 Å². The van der Waals surface area contributed by atoms with Crippen molar-refractivity contribution >= 4 is 21.8 Å². The minimum atomic E-state index is -4.84. The monoisotopic (exact) mass is 391 g/mol. The maximum atomic E-state index is 12.9. The molecule has 0 radical (unpaired) electrons. The number of hydrogen-bond acceptors (Lipinski definition) is 2. The highest BCUT2D eigenvalue weighted by Gasteiger charge is 2.54. The number of carbonyl (C=O) groups is 1. The number of nitrogens with zero attached hydrogens (tertiary/aromatic N) is 1. The van der Waals surface area contributed by atoms with Crippen molar-refractivity contribution in [2.75, 3.05) is 6.54 Å². The number of halogens is 4. The molecule has 1 amide bonds. The standard InChI is InChI=1S/C16H17BrF3NO2/c1-8-12-6-9-5-11(17)13(22)7-10(9)15(8,2)3-4-21(12)14(23)16(18,19)20/h5,7-8,12,22H,3-4,6H2,1-2H3/t8-,12+,15?/m0/s1. The Labute approximate surface area is 140 Å². The Morgan fingerprint density at radius 1 is 1.43 bits per heavy atom. The molecule has 1 heterocycles. The minimum Gasteiger partial charge on any atom is -0.507 e. The van der Waals surface area contributed by atoms with Gasteiger partial charge >= 0.3 is 12.1 Å². The molecular formula is C16H17BrF3NO2. The largest absolute Gasteiger partial charge is 0.507 e. The summed E-state index contributed by atoms with van der Waals surface area (Å²) in [5.74, 6) is -1.74. The van der Waals surface area contributed by atoms with Gasteiger partial charge < -0.3 is 10.0 Å². The van der Waals surface area contributed by atoms with Crippen LogP contribution in [0.2, 0.25) is 0 Å². The fourth-order valence-corrected chi connectivity index (χ4v) is 4.44. The second-order valence-electron chi connectivity index (χ2n) is 6.68. The molecule has 1 saturated heterocycles. The van der Waals surface area contributed by atoms with Crippen molar-refractivity contribution < 1.29 is 23.1 Å². The van der Waals surface area contributed by atoms with Crippen molar-refractivity contribution in [1.29, 1.82) is 0 Å². The van der Waals surface area contributed by atoms with Gasteiger partial charge in [0.1, 0.15) is 5.75 Å². The molecule has 1 aromatic carbocycles. The summed E-state index contributed by atoms with van der Waals surface area (Å²) in [6.07, 6.45) is -4.03. The van der Waals surface area contributed by atoms with Crippen LogP contribution in [0.5, 0.6) is 5.75 Å². The number of alkyl halides is 3. The van der Waals surface area contributed by atoms with Gasteiger partial charge in [-0.3, -0.25) is 4.79 Å². The van der Waals surface area contributed by atoms with Crippen molar-refractivity contribution in [3.63, 3.8) is 0 Å². The molecule has 0 saturated carbocycles. The molecule has 1 unspecified atom stereocenters. The zero-order chi connectivity index (χ0) is 17.2. The van der Waals surface area contributed by atoms with Crippen molar-refractivity contribution in [3.05, 3.63) is 27.7 Å². The third kappa shape index (κ3) is 2.44. The molecule has 1 aliphatic heterocycles. The minimum absolute atomic E-state index is 0.0834. The number of piperidine rings is 1. The molecule has 3 atom stereocenters. The molecule has 3 rings (SSSR count). The van der Waals surface area contributed by atoms with Gasteiger partial charge in [-0.1, -0.05) is 13.8 Å². The van der Waals surface area contributed by atoms with E-state index >= 15 is 0 Å². The van der Waals surface area contributed by atoms with Crippen molar-refractivity contribution in [1.82, 2.24) is 4.90 Å². The number of carbonyl (C=O) groups excluding carboxylic acids is 1. The quantitative estimate of drug-likeness (QED) is 0.731. The van der Waals surface area contributed by atoms with Crippen LogP contribution in [0.1, 0.15) is 31.4 Å². The zero-order valence-electron chi connectivity index (χ0n) is 12.7. The lowest BCUT2D eigenvalue weighted by atomic mass is 9.59. The van der Waals surface area contributed by atoms with Gasteiger partial charge in [0.05, 0.1) is 4.47 Å². The van der Waals surface area contributed by atoms with Gasteiger partial charge in [0.15, 0.2) is 0 Å². The average molecular weight is 392 g/mol. The van der Waals surface area contributed by atoms with Crippen LogP contribution in [-0.2, 0) is 16.6 Å². The molecule has 2 aliphatic rings. The van der Waals surface area contributed by atoms with Crippen LogP contribution in [0.3, 0.4) is 0 Å². The number of hydrogen-bond donors (Lipinski definition) is 1. The topological polar surface area (TPSA) is 40.5 Å². The summed E-state index contributed by atoms with van der Waals surface area (Å²) >= 11 is 3.25. The summed E-state index contributed by atoms with van der Waals surface area (Å²) in [4.78, 5) is 12.7. The normalized spacial score (nSPS) is 30.1. The lowest BCUT2D eigenvalue weighted by Crippen LogP contribution is -2.61. The van der Waals surface area contributed by atoms with Crippen LogP contribution < -0.4 is 0 Å². The van der Waals surface area contributed by atoms with Gasteiger partial charge in [0.25, 0.3) is 0 Å². The van der Waals surface area contributed by atoms with Gasteiger partial charge in [0.2, 0.25) is 0 Å². The van der Waals surface area contributed by atoms with E-state index in [4.69, 9.17) is 0 Å². The van der Waals surface area contributed by atoms with E-state index in [-0.39, 0.29) is 23.6 Å². The van der Waals surface area contributed by atoms with E-state index in [1.165, 1.54) is 0 Å². The molecule has 3 nitrogen and oxygen atoms in total. The average Bonchev–Trinajstić information content (AvgIpc) is 2.44. The number of aromatic hydroxyl groups is 1. The Balaban J connectivity index is 2.06.